The molecule has 0 saturated heterocycles. The lowest BCUT2D eigenvalue weighted by molar-refractivity contribution is 0.0312. The van der Waals surface area contributed by atoms with E-state index in [-0.39, 0.29) is 17.4 Å². The van der Waals surface area contributed by atoms with Gasteiger partial charge in [-0.25, -0.2) is 4.79 Å². The molecule has 1 saturated carbocycles. The standard InChI is InChI=1S/C22H34O3/c1-17(25-21(24)19-14-7-8-15-20(19)23)11-9-10-16-22(2,3)18-12-5-4-6-13-18/h7-8,14-15,17-18,23H,4-6,9-13,16H2,1-3H3. The predicted molar refractivity (Wildman–Crippen MR) is 102 cm³/mol. The molecule has 0 heterocycles. The summed E-state index contributed by atoms with van der Waals surface area (Å²) in [5.74, 6) is 0.416. The number of rotatable bonds is 8. The van der Waals surface area contributed by atoms with Gasteiger partial charge in [0.1, 0.15) is 11.3 Å². The van der Waals surface area contributed by atoms with Gasteiger partial charge in [-0.3, -0.25) is 0 Å². The molecular weight excluding hydrogens is 312 g/mol. The van der Waals surface area contributed by atoms with Crippen molar-refractivity contribution in [2.75, 3.05) is 0 Å². The third-order valence-electron chi connectivity index (χ3n) is 5.82. The van der Waals surface area contributed by atoms with Crippen molar-refractivity contribution in [2.45, 2.75) is 84.7 Å². The van der Waals surface area contributed by atoms with Crippen LogP contribution in [-0.2, 0) is 4.74 Å². The minimum atomic E-state index is -0.437. The number of phenols is 1. The Labute approximate surface area is 152 Å². The first-order valence-corrected chi connectivity index (χ1v) is 9.89. The average Bonchev–Trinajstić information content (AvgIpc) is 2.60. The molecule has 1 fully saturated rings. The molecule has 1 aliphatic carbocycles. The van der Waals surface area contributed by atoms with E-state index in [4.69, 9.17) is 4.74 Å². The van der Waals surface area contributed by atoms with Gasteiger partial charge in [0.2, 0.25) is 0 Å². The van der Waals surface area contributed by atoms with Gasteiger partial charge in [0.05, 0.1) is 6.10 Å². The van der Waals surface area contributed by atoms with Crippen LogP contribution in [0.25, 0.3) is 0 Å². The van der Waals surface area contributed by atoms with Crippen LogP contribution in [0.3, 0.4) is 0 Å². The summed E-state index contributed by atoms with van der Waals surface area (Å²) in [6.45, 7) is 6.78. The SMILES string of the molecule is CC(CCCCC(C)(C)C1CCCCC1)OC(=O)c1ccccc1O. The molecule has 0 spiro atoms. The van der Waals surface area contributed by atoms with E-state index in [1.807, 2.05) is 6.92 Å². The maximum atomic E-state index is 12.1. The molecule has 1 aliphatic rings. The number of hydrogen-bond acceptors (Lipinski definition) is 3. The summed E-state index contributed by atoms with van der Waals surface area (Å²) in [4.78, 5) is 12.1. The van der Waals surface area contributed by atoms with Crippen LogP contribution < -0.4 is 0 Å². The highest BCUT2D eigenvalue weighted by atomic mass is 16.5. The summed E-state index contributed by atoms with van der Waals surface area (Å²) >= 11 is 0. The first-order valence-electron chi connectivity index (χ1n) is 9.89. The van der Waals surface area contributed by atoms with E-state index in [2.05, 4.69) is 13.8 Å². The fourth-order valence-electron chi connectivity index (χ4n) is 4.05. The Kier molecular flexibility index (Phi) is 7.34. The fourth-order valence-corrected chi connectivity index (χ4v) is 4.05. The van der Waals surface area contributed by atoms with E-state index < -0.39 is 5.97 Å². The number of esters is 1. The van der Waals surface area contributed by atoms with E-state index in [9.17, 15) is 9.90 Å². The van der Waals surface area contributed by atoms with E-state index in [0.717, 1.165) is 18.8 Å². The van der Waals surface area contributed by atoms with Gasteiger partial charge in [0.25, 0.3) is 0 Å². The molecule has 1 atom stereocenters. The maximum absolute atomic E-state index is 12.1. The van der Waals surface area contributed by atoms with Crippen molar-refractivity contribution >= 4 is 5.97 Å². The Morgan fingerprint density at radius 3 is 2.56 bits per heavy atom. The minimum absolute atomic E-state index is 0.0195. The molecule has 140 valence electrons. The van der Waals surface area contributed by atoms with Crippen molar-refractivity contribution in [3.63, 3.8) is 0 Å². The van der Waals surface area contributed by atoms with Gasteiger partial charge < -0.3 is 9.84 Å². The molecule has 1 aromatic carbocycles. The number of para-hydroxylation sites is 1. The van der Waals surface area contributed by atoms with Gasteiger partial charge in [-0.1, -0.05) is 51.7 Å². The molecule has 0 amide bonds. The normalized spacial score (nSPS) is 17.2. The van der Waals surface area contributed by atoms with Crippen molar-refractivity contribution in [3.8, 4) is 5.75 Å². The summed E-state index contributed by atoms with van der Waals surface area (Å²) in [6.07, 6.45) is 11.2. The quantitative estimate of drug-likeness (QED) is 0.456. The largest absolute Gasteiger partial charge is 0.507 e. The molecular formula is C22H34O3. The van der Waals surface area contributed by atoms with Crippen LogP contribution in [-0.4, -0.2) is 17.2 Å². The van der Waals surface area contributed by atoms with Gasteiger partial charge in [0.15, 0.2) is 0 Å². The molecule has 2 rings (SSSR count). The monoisotopic (exact) mass is 346 g/mol. The highest BCUT2D eigenvalue weighted by Crippen LogP contribution is 2.41. The molecule has 3 nitrogen and oxygen atoms in total. The molecule has 0 bridgehead atoms. The number of ether oxygens (including phenoxy) is 1. The molecule has 0 aromatic heterocycles. The minimum Gasteiger partial charge on any atom is -0.507 e. The van der Waals surface area contributed by atoms with Gasteiger partial charge >= 0.3 is 5.97 Å². The van der Waals surface area contributed by atoms with Crippen LogP contribution in [0.2, 0.25) is 0 Å². The zero-order valence-electron chi connectivity index (χ0n) is 16.1. The highest BCUT2D eigenvalue weighted by Gasteiger charge is 2.29. The van der Waals surface area contributed by atoms with E-state index >= 15 is 0 Å². The number of aromatic hydroxyl groups is 1. The topological polar surface area (TPSA) is 46.5 Å². The molecule has 3 heteroatoms. The number of carbonyl (C=O) groups excluding carboxylic acids is 1. The zero-order valence-corrected chi connectivity index (χ0v) is 16.1. The second-order valence-electron chi connectivity index (χ2n) is 8.30. The van der Waals surface area contributed by atoms with E-state index in [0.29, 0.717) is 5.41 Å². The molecule has 1 aromatic rings. The molecule has 1 unspecified atom stereocenters. The van der Waals surface area contributed by atoms with Crippen molar-refractivity contribution < 1.29 is 14.6 Å². The van der Waals surface area contributed by atoms with Crippen LogP contribution in [0.4, 0.5) is 0 Å². The third kappa shape index (κ3) is 6.05. The Balaban J connectivity index is 1.69. The van der Waals surface area contributed by atoms with Crippen molar-refractivity contribution in [3.05, 3.63) is 29.8 Å². The summed E-state index contributed by atoms with van der Waals surface area (Å²) in [5, 5.41) is 9.72. The lowest BCUT2D eigenvalue weighted by atomic mass is 9.69. The second-order valence-corrected chi connectivity index (χ2v) is 8.30. The zero-order chi connectivity index (χ0) is 18.3. The first kappa shape index (κ1) is 19.8. The lowest BCUT2D eigenvalue weighted by Gasteiger charge is -2.37. The summed E-state index contributed by atoms with van der Waals surface area (Å²) < 4.78 is 5.47. The smallest absolute Gasteiger partial charge is 0.342 e. The summed E-state index contributed by atoms with van der Waals surface area (Å²) in [5.41, 5.74) is 0.670. The number of benzene rings is 1. The van der Waals surface area contributed by atoms with Crippen LogP contribution >= 0.6 is 0 Å². The predicted octanol–water partition coefficient (Wildman–Crippen LogP) is 6.10. The fraction of sp³-hybridized carbons (Fsp3) is 0.682. The van der Waals surface area contributed by atoms with Crippen molar-refractivity contribution in [2.24, 2.45) is 11.3 Å². The third-order valence-corrected chi connectivity index (χ3v) is 5.82. The average molecular weight is 347 g/mol. The van der Waals surface area contributed by atoms with Gasteiger partial charge in [-0.15, -0.1) is 0 Å². The summed E-state index contributed by atoms with van der Waals surface area (Å²) in [7, 11) is 0. The first-order chi connectivity index (χ1) is 11.9. The van der Waals surface area contributed by atoms with Crippen molar-refractivity contribution in [1.29, 1.82) is 0 Å². The van der Waals surface area contributed by atoms with Crippen LogP contribution in [0.15, 0.2) is 24.3 Å². The van der Waals surface area contributed by atoms with Crippen LogP contribution in [0.5, 0.6) is 5.75 Å². The number of phenolic OH excluding ortho intramolecular Hbond substituents is 1. The number of carbonyl (C=O) groups is 1. The highest BCUT2D eigenvalue weighted by molar-refractivity contribution is 5.92. The number of hydrogen-bond donors (Lipinski definition) is 1. The van der Waals surface area contributed by atoms with Crippen molar-refractivity contribution in [1.82, 2.24) is 0 Å². The van der Waals surface area contributed by atoms with Gasteiger partial charge in [0, 0.05) is 0 Å². The van der Waals surface area contributed by atoms with Crippen LogP contribution in [0, 0.1) is 11.3 Å². The molecule has 1 N–H and O–H groups in total. The van der Waals surface area contributed by atoms with Gasteiger partial charge in [-0.05, 0) is 62.5 Å². The summed E-state index contributed by atoms with van der Waals surface area (Å²) in [6, 6.07) is 6.53. The second kappa shape index (κ2) is 9.26. The Bertz CT molecular complexity index is 544. The molecule has 0 aliphatic heterocycles. The Morgan fingerprint density at radius 1 is 1.20 bits per heavy atom. The molecule has 0 radical (unpaired) electrons. The van der Waals surface area contributed by atoms with Crippen LogP contribution in [0.1, 0.15) is 88.9 Å². The van der Waals surface area contributed by atoms with E-state index in [1.165, 1.54) is 51.0 Å². The Morgan fingerprint density at radius 2 is 1.88 bits per heavy atom. The molecule has 25 heavy (non-hydrogen) atoms. The van der Waals surface area contributed by atoms with E-state index in [1.54, 1.807) is 18.2 Å². The van der Waals surface area contributed by atoms with Gasteiger partial charge in [-0.2, -0.15) is 0 Å². The number of unbranched alkanes of at least 4 members (excludes halogenated alkanes) is 1. The maximum Gasteiger partial charge on any atom is 0.342 e. The lowest BCUT2D eigenvalue weighted by Crippen LogP contribution is -2.26. The Hall–Kier alpha value is -1.51.